The highest BCUT2D eigenvalue weighted by molar-refractivity contribution is 7.89. The van der Waals surface area contributed by atoms with Crippen LogP contribution in [-0.2, 0) is 10.0 Å². The zero-order valence-corrected chi connectivity index (χ0v) is 11.5. The molecule has 5 nitrogen and oxygen atoms in total. The Balaban J connectivity index is 2.31. The summed E-state index contributed by atoms with van der Waals surface area (Å²) < 4.78 is 44.4. The van der Waals surface area contributed by atoms with Crippen LogP contribution in [0.3, 0.4) is 0 Å². The second-order valence-electron chi connectivity index (χ2n) is 4.56. The molecular formula is C12H17FN2O3S. The molecular weight excluding hydrogens is 271 g/mol. The smallest absolute Gasteiger partial charge is 0.243 e. The summed E-state index contributed by atoms with van der Waals surface area (Å²) in [5.41, 5.74) is 5.78. The Morgan fingerprint density at radius 1 is 1.47 bits per heavy atom. The van der Waals surface area contributed by atoms with E-state index in [0.717, 1.165) is 18.9 Å². The first-order valence-corrected chi connectivity index (χ1v) is 7.48. The second-order valence-corrected chi connectivity index (χ2v) is 6.50. The molecule has 7 heteroatoms. The van der Waals surface area contributed by atoms with E-state index < -0.39 is 15.8 Å². The molecule has 19 heavy (non-hydrogen) atoms. The zero-order chi connectivity index (χ0) is 14.0. The zero-order valence-electron chi connectivity index (χ0n) is 10.7. The van der Waals surface area contributed by atoms with E-state index in [-0.39, 0.29) is 23.2 Å². The molecule has 2 N–H and O–H groups in total. The van der Waals surface area contributed by atoms with E-state index in [1.807, 2.05) is 0 Å². The number of piperidine rings is 1. The third-order valence-corrected chi connectivity index (χ3v) is 5.04. The van der Waals surface area contributed by atoms with Gasteiger partial charge in [-0.3, -0.25) is 0 Å². The first-order valence-electron chi connectivity index (χ1n) is 6.04. The highest BCUT2D eigenvalue weighted by Crippen LogP contribution is 2.24. The predicted molar refractivity (Wildman–Crippen MR) is 68.9 cm³/mol. The second kappa shape index (κ2) is 5.44. The van der Waals surface area contributed by atoms with Crippen molar-refractivity contribution < 1.29 is 17.5 Å². The first-order chi connectivity index (χ1) is 8.95. The molecule has 0 radical (unpaired) electrons. The van der Waals surface area contributed by atoms with E-state index in [9.17, 15) is 12.8 Å². The van der Waals surface area contributed by atoms with Gasteiger partial charge in [0.05, 0.1) is 12.0 Å². The molecule has 0 saturated carbocycles. The molecule has 0 aliphatic carbocycles. The van der Waals surface area contributed by atoms with Gasteiger partial charge in [0, 0.05) is 19.1 Å². The number of hydrogen-bond acceptors (Lipinski definition) is 4. The van der Waals surface area contributed by atoms with Gasteiger partial charge in [-0.05, 0) is 31.0 Å². The fraction of sp³-hybridized carbons (Fsp3) is 0.500. The van der Waals surface area contributed by atoms with Crippen LogP contribution in [0.4, 0.5) is 4.39 Å². The lowest BCUT2D eigenvalue weighted by Crippen LogP contribution is -2.45. The van der Waals surface area contributed by atoms with Gasteiger partial charge in [0.25, 0.3) is 0 Å². The predicted octanol–water partition coefficient (Wildman–Crippen LogP) is 0.946. The minimum absolute atomic E-state index is 0.0225. The lowest BCUT2D eigenvalue weighted by molar-refractivity contribution is 0.316. The fourth-order valence-corrected chi connectivity index (χ4v) is 3.70. The van der Waals surface area contributed by atoms with Crippen molar-refractivity contribution >= 4 is 10.0 Å². The molecule has 106 valence electrons. The van der Waals surface area contributed by atoms with Crippen LogP contribution in [0.5, 0.6) is 5.75 Å². The highest BCUT2D eigenvalue weighted by Gasteiger charge is 2.29. The molecule has 1 saturated heterocycles. The molecule has 0 amide bonds. The number of rotatable bonds is 3. The summed E-state index contributed by atoms with van der Waals surface area (Å²) in [6.45, 7) is 0.694. The van der Waals surface area contributed by atoms with Crippen LogP contribution >= 0.6 is 0 Å². The van der Waals surface area contributed by atoms with E-state index >= 15 is 0 Å². The Hall–Kier alpha value is -1.18. The Morgan fingerprint density at radius 3 is 2.79 bits per heavy atom. The van der Waals surface area contributed by atoms with Gasteiger partial charge in [-0.25, -0.2) is 12.8 Å². The molecule has 0 spiro atoms. The van der Waals surface area contributed by atoms with E-state index in [4.69, 9.17) is 10.5 Å². The summed E-state index contributed by atoms with van der Waals surface area (Å²) in [5, 5.41) is 0. The van der Waals surface area contributed by atoms with Crippen molar-refractivity contribution in [3.8, 4) is 5.75 Å². The van der Waals surface area contributed by atoms with Gasteiger partial charge in [0.1, 0.15) is 0 Å². The van der Waals surface area contributed by atoms with E-state index in [1.165, 1.54) is 23.5 Å². The standard InChI is InChI=1S/C12H17FN2O3S/c1-18-12-5-4-10(7-11(12)13)19(16,17)15-6-2-3-9(14)8-15/h4-5,7,9H,2-3,6,8,14H2,1H3/t9-/m1/s1. The van der Waals surface area contributed by atoms with Gasteiger partial charge in [0.15, 0.2) is 11.6 Å². The molecule has 0 aromatic heterocycles. The Labute approximate surface area is 112 Å². The fourth-order valence-electron chi connectivity index (χ4n) is 2.15. The van der Waals surface area contributed by atoms with Crippen LogP contribution in [0.25, 0.3) is 0 Å². The van der Waals surface area contributed by atoms with Gasteiger partial charge in [-0.15, -0.1) is 0 Å². The lowest BCUT2D eigenvalue weighted by Gasteiger charge is -2.29. The van der Waals surface area contributed by atoms with Gasteiger partial charge in [-0.1, -0.05) is 0 Å². The van der Waals surface area contributed by atoms with Crippen LogP contribution in [0, 0.1) is 5.82 Å². The van der Waals surface area contributed by atoms with Crippen LogP contribution in [0.2, 0.25) is 0 Å². The van der Waals surface area contributed by atoms with Crippen molar-refractivity contribution in [1.82, 2.24) is 4.31 Å². The Morgan fingerprint density at radius 2 is 2.21 bits per heavy atom. The van der Waals surface area contributed by atoms with Crippen LogP contribution in [0.1, 0.15) is 12.8 Å². The average Bonchev–Trinajstić information content (AvgIpc) is 2.38. The summed E-state index contributed by atoms with van der Waals surface area (Å²) in [5.74, 6) is -0.667. The maximum atomic E-state index is 13.6. The number of halogens is 1. The molecule has 1 aromatic carbocycles. The van der Waals surface area contributed by atoms with E-state index in [0.29, 0.717) is 6.54 Å². The molecule has 1 fully saturated rings. The van der Waals surface area contributed by atoms with E-state index in [1.54, 1.807) is 0 Å². The number of ether oxygens (including phenoxy) is 1. The number of nitrogens with zero attached hydrogens (tertiary/aromatic N) is 1. The molecule has 1 aromatic rings. The number of benzene rings is 1. The summed E-state index contributed by atoms with van der Waals surface area (Å²) in [4.78, 5) is -0.0695. The van der Waals surface area contributed by atoms with Crippen molar-refractivity contribution in [3.05, 3.63) is 24.0 Å². The summed E-state index contributed by atoms with van der Waals surface area (Å²) in [7, 11) is -2.36. The lowest BCUT2D eigenvalue weighted by atomic mass is 10.1. The molecule has 1 heterocycles. The largest absolute Gasteiger partial charge is 0.494 e. The van der Waals surface area contributed by atoms with Crippen LogP contribution in [-0.4, -0.2) is 39.0 Å². The van der Waals surface area contributed by atoms with E-state index in [2.05, 4.69) is 0 Å². The summed E-state index contributed by atoms with van der Waals surface area (Å²) in [6.07, 6.45) is 1.53. The van der Waals surface area contributed by atoms with Gasteiger partial charge in [-0.2, -0.15) is 4.31 Å². The van der Waals surface area contributed by atoms with Gasteiger partial charge in [0.2, 0.25) is 10.0 Å². The molecule has 0 bridgehead atoms. The number of methoxy groups -OCH3 is 1. The van der Waals surface area contributed by atoms with Crippen LogP contribution in [0.15, 0.2) is 23.1 Å². The van der Waals surface area contributed by atoms with Gasteiger partial charge >= 0.3 is 0 Å². The molecule has 0 unspecified atom stereocenters. The SMILES string of the molecule is COc1ccc(S(=O)(=O)N2CCC[C@@H](N)C2)cc1F. The average molecular weight is 288 g/mol. The quantitative estimate of drug-likeness (QED) is 0.898. The Kier molecular flexibility index (Phi) is 4.07. The first kappa shape index (κ1) is 14.2. The molecule has 1 aliphatic heterocycles. The maximum absolute atomic E-state index is 13.6. The van der Waals surface area contributed by atoms with Crippen molar-refractivity contribution in [3.63, 3.8) is 0 Å². The number of nitrogens with two attached hydrogens (primary N) is 1. The van der Waals surface area contributed by atoms with Crippen molar-refractivity contribution in [1.29, 1.82) is 0 Å². The van der Waals surface area contributed by atoms with Gasteiger partial charge < -0.3 is 10.5 Å². The Bertz CT molecular complexity index is 562. The summed E-state index contributed by atoms with van der Waals surface area (Å²) >= 11 is 0. The maximum Gasteiger partial charge on any atom is 0.243 e. The minimum atomic E-state index is -3.68. The third kappa shape index (κ3) is 2.88. The minimum Gasteiger partial charge on any atom is -0.494 e. The third-order valence-electron chi connectivity index (χ3n) is 3.18. The molecule has 2 rings (SSSR count). The van der Waals surface area contributed by atoms with Crippen molar-refractivity contribution in [2.24, 2.45) is 5.73 Å². The number of sulfonamides is 1. The number of hydrogen-bond donors (Lipinski definition) is 1. The summed E-state index contributed by atoms with van der Waals surface area (Å²) in [6, 6.07) is 3.48. The van der Waals surface area contributed by atoms with Crippen molar-refractivity contribution in [2.75, 3.05) is 20.2 Å². The monoisotopic (exact) mass is 288 g/mol. The van der Waals surface area contributed by atoms with Crippen molar-refractivity contribution in [2.45, 2.75) is 23.8 Å². The molecule has 1 aliphatic rings. The normalized spacial score (nSPS) is 21.3. The van der Waals surface area contributed by atoms with Crippen LogP contribution < -0.4 is 10.5 Å². The molecule has 1 atom stereocenters. The highest BCUT2D eigenvalue weighted by atomic mass is 32.2. The topological polar surface area (TPSA) is 72.6 Å².